The van der Waals surface area contributed by atoms with Crippen LogP contribution in [0.3, 0.4) is 0 Å². The van der Waals surface area contributed by atoms with Gasteiger partial charge in [-0.25, -0.2) is 0 Å². The number of hydrogen-bond donors (Lipinski definition) is 1. The van der Waals surface area contributed by atoms with Crippen LogP contribution in [0.25, 0.3) is 0 Å². The molecule has 1 aliphatic rings. The number of rotatable bonds is 9. The summed E-state index contributed by atoms with van der Waals surface area (Å²) in [6.07, 6.45) is 5.99. The maximum atomic E-state index is 12.4. The molecule has 1 aliphatic carbocycles. The van der Waals surface area contributed by atoms with E-state index >= 15 is 0 Å². The number of carboxylic acids is 1. The van der Waals surface area contributed by atoms with Gasteiger partial charge in [-0.1, -0.05) is 49.6 Å². The number of carboxylic acid groups (broad SMARTS) is 1. The topological polar surface area (TPSA) is 57.6 Å². The van der Waals surface area contributed by atoms with Crippen LogP contribution in [0, 0.1) is 5.92 Å². The number of carbonyl (C=O) groups is 2. The first-order chi connectivity index (χ1) is 10.6. The molecule has 22 heavy (non-hydrogen) atoms. The van der Waals surface area contributed by atoms with Gasteiger partial charge in [0, 0.05) is 25.9 Å². The molecule has 0 unspecified atom stereocenters. The number of hydrogen-bond acceptors (Lipinski definition) is 2. The van der Waals surface area contributed by atoms with E-state index in [-0.39, 0.29) is 12.3 Å². The average Bonchev–Trinajstić information content (AvgIpc) is 2.45. The Hall–Kier alpha value is -1.84. The molecule has 0 saturated heterocycles. The average molecular weight is 303 g/mol. The zero-order chi connectivity index (χ0) is 15.8. The van der Waals surface area contributed by atoms with Crippen molar-refractivity contribution in [2.45, 2.75) is 51.5 Å². The summed E-state index contributed by atoms with van der Waals surface area (Å²) in [4.78, 5) is 24.9. The van der Waals surface area contributed by atoms with Crippen molar-refractivity contribution in [3.05, 3.63) is 35.9 Å². The Morgan fingerprint density at radius 3 is 2.45 bits per heavy atom. The van der Waals surface area contributed by atoms with Gasteiger partial charge in [0.05, 0.1) is 0 Å². The van der Waals surface area contributed by atoms with E-state index < -0.39 is 5.97 Å². The first-order valence-corrected chi connectivity index (χ1v) is 8.18. The Bertz CT molecular complexity index is 482. The second-order valence-corrected chi connectivity index (χ2v) is 6.13. The van der Waals surface area contributed by atoms with Crippen molar-refractivity contribution in [2.24, 2.45) is 5.92 Å². The molecular formula is C18H25NO3. The van der Waals surface area contributed by atoms with Gasteiger partial charge in [0.2, 0.25) is 5.91 Å². The summed E-state index contributed by atoms with van der Waals surface area (Å²) in [6.45, 7) is 1.09. The van der Waals surface area contributed by atoms with Crippen LogP contribution in [0.4, 0.5) is 0 Å². The van der Waals surface area contributed by atoms with Crippen LogP contribution < -0.4 is 0 Å². The third-order valence-electron chi connectivity index (χ3n) is 4.38. The Kier molecular flexibility index (Phi) is 6.44. The highest BCUT2D eigenvalue weighted by molar-refractivity contribution is 5.76. The minimum absolute atomic E-state index is 0.112. The molecule has 4 heteroatoms. The molecule has 0 spiro atoms. The number of benzene rings is 1. The normalized spacial score (nSPS) is 14.4. The third kappa shape index (κ3) is 5.51. The van der Waals surface area contributed by atoms with Crippen molar-refractivity contribution in [1.29, 1.82) is 0 Å². The Morgan fingerprint density at radius 1 is 1.14 bits per heavy atom. The van der Waals surface area contributed by atoms with Gasteiger partial charge in [0.25, 0.3) is 0 Å². The number of carbonyl (C=O) groups excluding carboxylic acids is 1. The van der Waals surface area contributed by atoms with Crippen LogP contribution in [-0.4, -0.2) is 28.4 Å². The maximum Gasteiger partial charge on any atom is 0.303 e. The van der Waals surface area contributed by atoms with Gasteiger partial charge in [-0.15, -0.1) is 0 Å². The van der Waals surface area contributed by atoms with Gasteiger partial charge in [0.15, 0.2) is 0 Å². The molecule has 0 radical (unpaired) electrons. The van der Waals surface area contributed by atoms with Gasteiger partial charge in [0.1, 0.15) is 0 Å². The van der Waals surface area contributed by atoms with Crippen molar-refractivity contribution >= 4 is 11.9 Å². The third-order valence-corrected chi connectivity index (χ3v) is 4.38. The predicted molar refractivity (Wildman–Crippen MR) is 85.3 cm³/mol. The minimum atomic E-state index is -0.804. The first-order valence-electron chi connectivity index (χ1n) is 8.18. The van der Waals surface area contributed by atoms with Crippen LogP contribution in [0.1, 0.15) is 50.5 Å². The molecule has 4 nitrogen and oxygen atoms in total. The lowest BCUT2D eigenvalue weighted by Gasteiger charge is -2.27. The predicted octanol–water partition coefficient (Wildman–Crippen LogP) is 3.46. The fourth-order valence-electron chi connectivity index (χ4n) is 2.78. The summed E-state index contributed by atoms with van der Waals surface area (Å²) in [5.74, 6) is 0.0734. The molecule has 120 valence electrons. The van der Waals surface area contributed by atoms with Gasteiger partial charge in [-0.3, -0.25) is 9.59 Å². The maximum absolute atomic E-state index is 12.4. The highest BCUT2D eigenvalue weighted by Crippen LogP contribution is 2.30. The largest absolute Gasteiger partial charge is 0.481 e. The fraction of sp³-hybridized carbons (Fsp3) is 0.556. The van der Waals surface area contributed by atoms with Crippen molar-refractivity contribution < 1.29 is 14.7 Å². The van der Waals surface area contributed by atoms with E-state index in [9.17, 15) is 9.59 Å². The van der Waals surface area contributed by atoms with Crippen molar-refractivity contribution in [3.8, 4) is 0 Å². The summed E-state index contributed by atoms with van der Waals surface area (Å²) in [5.41, 5.74) is 1.09. The summed E-state index contributed by atoms with van der Waals surface area (Å²) in [6, 6.07) is 9.89. The van der Waals surface area contributed by atoms with E-state index in [1.54, 1.807) is 0 Å². The summed E-state index contributed by atoms with van der Waals surface area (Å²) < 4.78 is 0. The number of amides is 1. The van der Waals surface area contributed by atoms with Crippen molar-refractivity contribution in [1.82, 2.24) is 4.90 Å². The smallest absolute Gasteiger partial charge is 0.303 e. The van der Waals surface area contributed by atoms with Gasteiger partial charge in [-0.05, 0) is 24.3 Å². The lowest BCUT2D eigenvalue weighted by Crippen LogP contribution is -2.32. The summed E-state index contributed by atoms with van der Waals surface area (Å²) in [7, 11) is 0. The molecule has 0 bridgehead atoms. The molecule has 2 rings (SSSR count). The van der Waals surface area contributed by atoms with Crippen LogP contribution in [-0.2, 0) is 16.1 Å². The Balaban J connectivity index is 1.87. The zero-order valence-corrected chi connectivity index (χ0v) is 13.0. The van der Waals surface area contributed by atoms with Crippen molar-refractivity contribution in [2.75, 3.05) is 6.54 Å². The Labute approximate surface area is 132 Å². The standard InChI is InChI=1S/C18H25NO3/c20-17(12-11-15-8-4-9-15)19(13-5-10-18(21)22)14-16-6-2-1-3-7-16/h1-3,6-7,15H,4-5,8-14H2,(H,21,22). The quantitative estimate of drug-likeness (QED) is 0.760. The van der Waals surface area contributed by atoms with Gasteiger partial charge < -0.3 is 10.0 Å². The molecule has 1 fully saturated rings. The highest BCUT2D eigenvalue weighted by Gasteiger charge is 2.20. The second-order valence-electron chi connectivity index (χ2n) is 6.13. The zero-order valence-electron chi connectivity index (χ0n) is 13.0. The number of aliphatic carboxylic acids is 1. The lowest BCUT2D eigenvalue weighted by molar-refractivity contribution is -0.138. The summed E-state index contributed by atoms with van der Waals surface area (Å²) in [5, 5.41) is 8.77. The van der Waals surface area contributed by atoms with Crippen molar-refractivity contribution in [3.63, 3.8) is 0 Å². The summed E-state index contributed by atoms with van der Waals surface area (Å²) >= 11 is 0. The molecule has 0 heterocycles. The van der Waals surface area contributed by atoms with E-state index in [0.29, 0.717) is 25.9 Å². The molecule has 0 aromatic heterocycles. The van der Waals surface area contributed by atoms with Crippen LogP contribution in [0.5, 0.6) is 0 Å². The van der Waals surface area contributed by atoms with Gasteiger partial charge in [-0.2, -0.15) is 0 Å². The molecule has 1 aromatic carbocycles. The van der Waals surface area contributed by atoms with E-state index in [4.69, 9.17) is 5.11 Å². The van der Waals surface area contributed by atoms with E-state index in [2.05, 4.69) is 0 Å². The van der Waals surface area contributed by atoms with E-state index in [1.165, 1.54) is 19.3 Å². The molecule has 1 N–H and O–H groups in total. The molecule has 1 saturated carbocycles. The molecular weight excluding hydrogens is 278 g/mol. The molecule has 0 atom stereocenters. The molecule has 0 aliphatic heterocycles. The van der Waals surface area contributed by atoms with Gasteiger partial charge >= 0.3 is 5.97 Å². The Morgan fingerprint density at radius 2 is 1.86 bits per heavy atom. The highest BCUT2D eigenvalue weighted by atomic mass is 16.4. The second kappa shape index (κ2) is 8.57. The molecule has 1 aromatic rings. The minimum Gasteiger partial charge on any atom is -0.481 e. The van der Waals surface area contributed by atoms with E-state index in [1.807, 2.05) is 35.2 Å². The van der Waals surface area contributed by atoms with Crippen LogP contribution in [0.15, 0.2) is 30.3 Å². The van der Waals surface area contributed by atoms with Crippen LogP contribution in [0.2, 0.25) is 0 Å². The van der Waals surface area contributed by atoms with E-state index in [0.717, 1.165) is 17.9 Å². The number of nitrogens with zero attached hydrogens (tertiary/aromatic N) is 1. The SMILES string of the molecule is O=C(O)CCCN(Cc1ccccc1)C(=O)CCC1CCC1. The lowest BCUT2D eigenvalue weighted by atomic mass is 9.82. The monoisotopic (exact) mass is 303 g/mol. The fourth-order valence-corrected chi connectivity index (χ4v) is 2.78. The molecule has 1 amide bonds. The van der Waals surface area contributed by atoms with Crippen LogP contribution >= 0.6 is 0 Å². The first kappa shape index (κ1) is 16.5.